The molecule has 130 valence electrons. The van der Waals surface area contributed by atoms with Crippen LogP contribution in [0.4, 0.5) is 35.0 Å². The quantitative estimate of drug-likeness (QED) is 0.779. The molecule has 1 aromatic heterocycles. The van der Waals surface area contributed by atoms with E-state index >= 15 is 0 Å². The van der Waals surface area contributed by atoms with Crippen molar-refractivity contribution in [3.63, 3.8) is 0 Å². The van der Waals surface area contributed by atoms with Crippen molar-refractivity contribution in [2.75, 3.05) is 10.6 Å². The fourth-order valence-electron chi connectivity index (χ4n) is 1.95. The topological polar surface area (TPSA) is 49.8 Å². The number of halogens is 4. The Hall–Kier alpha value is -2.38. The highest BCUT2D eigenvalue weighted by molar-refractivity contribution is 5.61. The number of hydrogen-bond acceptors (Lipinski definition) is 4. The first-order valence-electron chi connectivity index (χ1n) is 7.22. The highest BCUT2D eigenvalue weighted by atomic mass is 19.4. The van der Waals surface area contributed by atoms with E-state index in [4.69, 9.17) is 0 Å². The number of nitrogens with one attached hydrogen (secondary N) is 2. The molecular formula is C16H18F4N4. The molecule has 24 heavy (non-hydrogen) atoms. The summed E-state index contributed by atoms with van der Waals surface area (Å²) >= 11 is 0. The second kappa shape index (κ2) is 6.26. The predicted molar refractivity (Wildman–Crippen MR) is 84.8 cm³/mol. The predicted octanol–water partition coefficient (Wildman–Crippen LogP) is 4.90. The highest BCUT2D eigenvalue weighted by Gasteiger charge is 2.34. The van der Waals surface area contributed by atoms with Gasteiger partial charge in [-0.15, -0.1) is 0 Å². The lowest BCUT2D eigenvalue weighted by Gasteiger charge is -2.22. The number of hydrogen-bond donors (Lipinski definition) is 2. The summed E-state index contributed by atoms with van der Waals surface area (Å²) in [6.07, 6.45) is -4.61. The van der Waals surface area contributed by atoms with Crippen LogP contribution in [-0.2, 0) is 6.18 Å². The molecule has 8 heteroatoms. The Morgan fingerprint density at radius 2 is 1.67 bits per heavy atom. The molecule has 2 N–H and O–H groups in total. The standard InChI is InChI=1S/C16H18F4N4/c1-9-7-10(17)5-6-11(9)21-13-8-12(16(18,19)20)22-14(23-13)24-15(2,3)4/h5-8H,1-4H3,(H2,21,22,23,24). The van der Waals surface area contributed by atoms with E-state index < -0.39 is 23.2 Å². The molecule has 0 unspecified atom stereocenters. The van der Waals surface area contributed by atoms with Crippen molar-refractivity contribution >= 4 is 17.5 Å². The fraction of sp³-hybridized carbons (Fsp3) is 0.375. The molecule has 0 atom stereocenters. The summed E-state index contributed by atoms with van der Waals surface area (Å²) in [7, 11) is 0. The Morgan fingerprint density at radius 1 is 1.00 bits per heavy atom. The van der Waals surface area contributed by atoms with Gasteiger partial charge in [-0.25, -0.2) is 9.37 Å². The van der Waals surface area contributed by atoms with Crippen molar-refractivity contribution < 1.29 is 17.6 Å². The minimum atomic E-state index is -4.61. The molecule has 0 radical (unpaired) electrons. The fourth-order valence-corrected chi connectivity index (χ4v) is 1.95. The van der Waals surface area contributed by atoms with Gasteiger partial charge >= 0.3 is 6.18 Å². The number of anilines is 3. The summed E-state index contributed by atoms with van der Waals surface area (Å²) in [5.41, 5.74) is -0.559. The zero-order valence-electron chi connectivity index (χ0n) is 13.7. The van der Waals surface area contributed by atoms with E-state index in [-0.39, 0.29) is 11.8 Å². The molecule has 2 aromatic rings. The van der Waals surface area contributed by atoms with Gasteiger partial charge < -0.3 is 10.6 Å². The van der Waals surface area contributed by atoms with Crippen LogP contribution in [0.25, 0.3) is 0 Å². The van der Waals surface area contributed by atoms with Gasteiger partial charge in [0.05, 0.1) is 0 Å². The first-order valence-corrected chi connectivity index (χ1v) is 7.22. The van der Waals surface area contributed by atoms with E-state index in [1.54, 1.807) is 27.7 Å². The molecule has 0 amide bonds. The Kier molecular flexibility index (Phi) is 4.68. The van der Waals surface area contributed by atoms with Crippen LogP contribution in [0.2, 0.25) is 0 Å². The number of aromatic nitrogens is 2. The van der Waals surface area contributed by atoms with Gasteiger partial charge in [0.15, 0.2) is 5.69 Å². The summed E-state index contributed by atoms with van der Waals surface area (Å²) in [6.45, 7) is 7.00. The SMILES string of the molecule is Cc1cc(F)ccc1Nc1cc(C(F)(F)F)nc(NC(C)(C)C)n1. The molecule has 0 spiro atoms. The third kappa shape index (κ3) is 4.81. The van der Waals surface area contributed by atoms with Crippen LogP contribution in [0.1, 0.15) is 32.0 Å². The average molecular weight is 342 g/mol. The molecule has 0 aliphatic carbocycles. The minimum absolute atomic E-state index is 0.0289. The van der Waals surface area contributed by atoms with Crippen molar-refractivity contribution in [3.8, 4) is 0 Å². The van der Waals surface area contributed by atoms with E-state index in [0.29, 0.717) is 11.3 Å². The lowest BCUT2D eigenvalue weighted by molar-refractivity contribution is -0.141. The average Bonchev–Trinajstić information content (AvgIpc) is 2.39. The molecular weight excluding hydrogens is 324 g/mol. The van der Waals surface area contributed by atoms with E-state index in [1.807, 2.05) is 0 Å². The molecule has 2 rings (SSSR count). The number of benzene rings is 1. The zero-order valence-corrected chi connectivity index (χ0v) is 13.7. The zero-order chi connectivity index (χ0) is 18.1. The van der Waals surface area contributed by atoms with E-state index in [1.165, 1.54) is 18.2 Å². The lowest BCUT2D eigenvalue weighted by Crippen LogP contribution is -2.28. The van der Waals surface area contributed by atoms with Gasteiger partial charge in [0, 0.05) is 17.3 Å². The van der Waals surface area contributed by atoms with Gasteiger partial charge in [0.1, 0.15) is 11.6 Å². The third-order valence-electron chi connectivity index (χ3n) is 2.95. The van der Waals surface area contributed by atoms with Crippen molar-refractivity contribution in [1.82, 2.24) is 9.97 Å². The van der Waals surface area contributed by atoms with Crippen LogP contribution >= 0.6 is 0 Å². The van der Waals surface area contributed by atoms with Gasteiger partial charge in [-0.05, 0) is 51.5 Å². The molecule has 0 aliphatic rings. The monoisotopic (exact) mass is 342 g/mol. The van der Waals surface area contributed by atoms with E-state index in [2.05, 4.69) is 20.6 Å². The molecule has 0 aliphatic heterocycles. The second-order valence-corrected chi connectivity index (χ2v) is 6.42. The Bertz CT molecular complexity index is 736. The van der Waals surface area contributed by atoms with E-state index in [9.17, 15) is 17.6 Å². The minimum Gasteiger partial charge on any atom is -0.350 e. The first-order chi connectivity index (χ1) is 10.9. The number of rotatable bonds is 3. The Balaban J connectivity index is 2.42. The second-order valence-electron chi connectivity index (χ2n) is 6.42. The molecule has 4 nitrogen and oxygen atoms in total. The summed E-state index contributed by atoms with van der Waals surface area (Å²) in [5.74, 6) is -0.592. The number of alkyl halides is 3. The number of aryl methyl sites for hydroxylation is 1. The smallest absolute Gasteiger partial charge is 0.350 e. The molecule has 0 saturated carbocycles. The van der Waals surface area contributed by atoms with Crippen molar-refractivity contribution in [2.24, 2.45) is 0 Å². The van der Waals surface area contributed by atoms with Crippen LogP contribution in [0, 0.1) is 12.7 Å². The molecule has 0 bridgehead atoms. The summed E-state index contributed by atoms with van der Waals surface area (Å²) in [5, 5.41) is 5.60. The van der Waals surface area contributed by atoms with Crippen LogP contribution in [0.3, 0.4) is 0 Å². The van der Waals surface area contributed by atoms with Gasteiger partial charge in [-0.3, -0.25) is 0 Å². The molecule has 1 aromatic carbocycles. The van der Waals surface area contributed by atoms with Crippen molar-refractivity contribution in [3.05, 3.63) is 41.3 Å². The van der Waals surface area contributed by atoms with Gasteiger partial charge in [-0.2, -0.15) is 18.2 Å². The molecule has 0 saturated heterocycles. The van der Waals surface area contributed by atoms with Crippen LogP contribution in [0.5, 0.6) is 0 Å². The van der Waals surface area contributed by atoms with Crippen LogP contribution in [0.15, 0.2) is 24.3 Å². The third-order valence-corrected chi connectivity index (χ3v) is 2.95. The summed E-state index contributed by atoms with van der Waals surface area (Å²) < 4.78 is 52.3. The maximum absolute atomic E-state index is 13.1. The Morgan fingerprint density at radius 3 is 2.21 bits per heavy atom. The van der Waals surface area contributed by atoms with Gasteiger partial charge in [0.25, 0.3) is 0 Å². The molecule has 1 heterocycles. The largest absolute Gasteiger partial charge is 0.433 e. The summed E-state index contributed by atoms with van der Waals surface area (Å²) in [4.78, 5) is 7.58. The van der Waals surface area contributed by atoms with Crippen molar-refractivity contribution in [2.45, 2.75) is 39.4 Å². The maximum atomic E-state index is 13.1. The Labute approximate surface area is 137 Å². The normalized spacial score (nSPS) is 12.2. The van der Waals surface area contributed by atoms with Gasteiger partial charge in [0.2, 0.25) is 5.95 Å². The van der Waals surface area contributed by atoms with Crippen molar-refractivity contribution in [1.29, 1.82) is 0 Å². The van der Waals surface area contributed by atoms with E-state index in [0.717, 1.165) is 6.07 Å². The number of nitrogens with zero attached hydrogens (tertiary/aromatic N) is 2. The lowest BCUT2D eigenvalue weighted by atomic mass is 10.1. The van der Waals surface area contributed by atoms with Crippen LogP contribution in [-0.4, -0.2) is 15.5 Å². The molecule has 0 fully saturated rings. The maximum Gasteiger partial charge on any atom is 0.433 e. The van der Waals surface area contributed by atoms with Crippen LogP contribution < -0.4 is 10.6 Å². The summed E-state index contributed by atoms with van der Waals surface area (Å²) in [6, 6.07) is 4.76. The highest BCUT2D eigenvalue weighted by Crippen LogP contribution is 2.31. The van der Waals surface area contributed by atoms with Gasteiger partial charge in [-0.1, -0.05) is 0 Å². The first kappa shape index (κ1) is 18.0.